The van der Waals surface area contributed by atoms with E-state index < -0.39 is 7.12 Å². The maximum absolute atomic E-state index is 9.02. The lowest BCUT2D eigenvalue weighted by atomic mass is 9.79. The Morgan fingerprint density at radius 1 is 1.38 bits per heavy atom. The SMILES string of the molecule is COc1c(SC)cccc1B(O)O. The second kappa shape index (κ2) is 4.55. The molecule has 1 aromatic carbocycles. The first-order valence-electron chi connectivity index (χ1n) is 3.77. The molecule has 3 nitrogen and oxygen atoms in total. The fourth-order valence-electron chi connectivity index (χ4n) is 1.12. The molecule has 0 heterocycles. The van der Waals surface area contributed by atoms with Crippen molar-refractivity contribution >= 4 is 24.3 Å². The molecular formula is C8H11BO3S. The molecule has 5 heteroatoms. The fourth-order valence-corrected chi connectivity index (χ4v) is 1.72. The average molecular weight is 198 g/mol. The number of rotatable bonds is 3. The van der Waals surface area contributed by atoms with Gasteiger partial charge in [-0.25, -0.2) is 0 Å². The molecule has 2 N–H and O–H groups in total. The molecular weight excluding hydrogens is 187 g/mol. The molecule has 0 spiro atoms. The van der Waals surface area contributed by atoms with Gasteiger partial charge in [0.15, 0.2) is 0 Å². The number of thioether (sulfide) groups is 1. The van der Waals surface area contributed by atoms with Crippen molar-refractivity contribution in [1.29, 1.82) is 0 Å². The van der Waals surface area contributed by atoms with Crippen molar-refractivity contribution in [3.05, 3.63) is 18.2 Å². The molecule has 0 saturated heterocycles. The van der Waals surface area contributed by atoms with Crippen LogP contribution in [0.25, 0.3) is 0 Å². The summed E-state index contributed by atoms with van der Waals surface area (Å²) in [6.45, 7) is 0. The maximum atomic E-state index is 9.02. The van der Waals surface area contributed by atoms with Crippen molar-refractivity contribution in [2.45, 2.75) is 4.90 Å². The van der Waals surface area contributed by atoms with Crippen LogP contribution in [0.1, 0.15) is 0 Å². The first-order valence-corrected chi connectivity index (χ1v) is 5.00. The number of ether oxygens (including phenoxy) is 1. The van der Waals surface area contributed by atoms with Crippen LogP contribution in [0.2, 0.25) is 0 Å². The highest BCUT2D eigenvalue weighted by atomic mass is 32.2. The maximum Gasteiger partial charge on any atom is 0.492 e. The zero-order valence-electron chi connectivity index (χ0n) is 7.52. The fraction of sp³-hybridized carbons (Fsp3) is 0.250. The molecule has 1 rings (SSSR count). The van der Waals surface area contributed by atoms with Gasteiger partial charge in [0, 0.05) is 10.4 Å². The first kappa shape index (κ1) is 10.4. The van der Waals surface area contributed by atoms with Gasteiger partial charge < -0.3 is 14.8 Å². The summed E-state index contributed by atoms with van der Waals surface area (Å²) in [6, 6.07) is 5.27. The molecule has 13 heavy (non-hydrogen) atoms. The summed E-state index contributed by atoms with van der Waals surface area (Å²) < 4.78 is 5.09. The first-order chi connectivity index (χ1) is 6.20. The van der Waals surface area contributed by atoms with Gasteiger partial charge in [0.25, 0.3) is 0 Å². The van der Waals surface area contributed by atoms with Crippen LogP contribution in [-0.2, 0) is 0 Å². The summed E-state index contributed by atoms with van der Waals surface area (Å²) in [5.74, 6) is 0.532. The van der Waals surface area contributed by atoms with Crippen molar-refractivity contribution in [2.24, 2.45) is 0 Å². The molecule has 0 aliphatic rings. The van der Waals surface area contributed by atoms with Gasteiger partial charge in [-0.05, 0) is 12.3 Å². The van der Waals surface area contributed by atoms with Crippen molar-refractivity contribution in [2.75, 3.05) is 13.4 Å². The number of hydrogen-bond donors (Lipinski definition) is 2. The molecule has 0 aromatic heterocycles. The lowest BCUT2D eigenvalue weighted by Crippen LogP contribution is -2.31. The van der Waals surface area contributed by atoms with Gasteiger partial charge in [-0.2, -0.15) is 0 Å². The van der Waals surface area contributed by atoms with Crippen LogP contribution in [0.5, 0.6) is 5.75 Å². The Bertz CT molecular complexity index is 291. The van der Waals surface area contributed by atoms with Gasteiger partial charge in [-0.1, -0.05) is 12.1 Å². The molecule has 1 aromatic rings. The zero-order valence-corrected chi connectivity index (χ0v) is 8.34. The van der Waals surface area contributed by atoms with E-state index in [0.29, 0.717) is 11.2 Å². The molecule has 0 bridgehead atoms. The second-order valence-electron chi connectivity index (χ2n) is 2.46. The smallest absolute Gasteiger partial charge is 0.492 e. The van der Waals surface area contributed by atoms with Crippen LogP contribution in [0.3, 0.4) is 0 Å². The van der Waals surface area contributed by atoms with Gasteiger partial charge in [0.2, 0.25) is 0 Å². The van der Waals surface area contributed by atoms with Crippen LogP contribution in [0.15, 0.2) is 23.1 Å². The Kier molecular flexibility index (Phi) is 3.65. The van der Waals surface area contributed by atoms with E-state index in [-0.39, 0.29) is 0 Å². The van der Waals surface area contributed by atoms with E-state index in [9.17, 15) is 0 Å². The molecule has 0 fully saturated rings. The minimum atomic E-state index is -1.48. The van der Waals surface area contributed by atoms with E-state index in [1.165, 1.54) is 18.9 Å². The van der Waals surface area contributed by atoms with E-state index >= 15 is 0 Å². The van der Waals surface area contributed by atoms with Gasteiger partial charge >= 0.3 is 7.12 Å². The minimum absolute atomic E-state index is 0.398. The third-order valence-corrected chi connectivity index (χ3v) is 2.47. The molecule has 0 aliphatic carbocycles. The highest BCUT2D eigenvalue weighted by Gasteiger charge is 2.18. The summed E-state index contributed by atoms with van der Waals surface area (Å²) in [7, 11) is 0.0306. The summed E-state index contributed by atoms with van der Waals surface area (Å²) >= 11 is 1.50. The van der Waals surface area contributed by atoms with Gasteiger partial charge in [0.1, 0.15) is 5.75 Å². The second-order valence-corrected chi connectivity index (χ2v) is 3.30. The van der Waals surface area contributed by atoms with Crippen LogP contribution in [0.4, 0.5) is 0 Å². The quantitative estimate of drug-likeness (QED) is 0.534. The van der Waals surface area contributed by atoms with Crippen LogP contribution in [-0.4, -0.2) is 30.5 Å². The number of benzene rings is 1. The van der Waals surface area contributed by atoms with E-state index in [2.05, 4.69) is 0 Å². The van der Waals surface area contributed by atoms with Crippen molar-refractivity contribution in [3.63, 3.8) is 0 Å². The zero-order chi connectivity index (χ0) is 9.84. The van der Waals surface area contributed by atoms with Crippen molar-refractivity contribution < 1.29 is 14.8 Å². The molecule has 0 amide bonds. The highest BCUT2D eigenvalue weighted by molar-refractivity contribution is 7.98. The lowest BCUT2D eigenvalue weighted by Gasteiger charge is -2.10. The van der Waals surface area contributed by atoms with Gasteiger partial charge in [0.05, 0.1) is 7.11 Å². The minimum Gasteiger partial charge on any atom is -0.496 e. The summed E-state index contributed by atoms with van der Waals surface area (Å²) in [5, 5.41) is 18.0. The molecule has 0 unspecified atom stereocenters. The standard InChI is InChI=1S/C8H11BO3S/c1-12-8-6(9(10)11)4-3-5-7(8)13-2/h3-5,10-11H,1-2H3. The number of methoxy groups -OCH3 is 1. The van der Waals surface area contributed by atoms with Crippen LogP contribution < -0.4 is 10.2 Å². The van der Waals surface area contributed by atoms with Crippen molar-refractivity contribution in [3.8, 4) is 5.75 Å². The summed E-state index contributed by atoms with van der Waals surface area (Å²) in [5.41, 5.74) is 0.398. The van der Waals surface area contributed by atoms with Gasteiger partial charge in [-0.15, -0.1) is 11.8 Å². The summed E-state index contributed by atoms with van der Waals surface area (Å²) in [6.07, 6.45) is 1.91. The topological polar surface area (TPSA) is 49.7 Å². The Balaban J connectivity index is 3.19. The Labute approximate surface area is 81.9 Å². The summed E-state index contributed by atoms with van der Waals surface area (Å²) in [4.78, 5) is 0.896. The highest BCUT2D eigenvalue weighted by Crippen LogP contribution is 2.24. The monoisotopic (exact) mass is 198 g/mol. The van der Waals surface area contributed by atoms with E-state index in [1.807, 2.05) is 12.3 Å². The van der Waals surface area contributed by atoms with E-state index in [0.717, 1.165) is 4.90 Å². The third-order valence-electron chi connectivity index (χ3n) is 1.71. The molecule has 0 saturated carbocycles. The molecule has 0 aliphatic heterocycles. The van der Waals surface area contributed by atoms with Gasteiger partial charge in [-0.3, -0.25) is 0 Å². The third kappa shape index (κ3) is 2.18. The number of para-hydroxylation sites is 1. The predicted octanol–water partition coefficient (Wildman–Crippen LogP) is 0.0969. The Hall–Kier alpha value is -0.645. The van der Waals surface area contributed by atoms with E-state index in [1.54, 1.807) is 12.1 Å². The normalized spacial score (nSPS) is 9.85. The Morgan fingerprint density at radius 3 is 2.54 bits per heavy atom. The molecule has 70 valence electrons. The molecule has 0 atom stereocenters. The predicted molar refractivity (Wildman–Crippen MR) is 54.6 cm³/mol. The lowest BCUT2D eigenvalue weighted by molar-refractivity contribution is 0.396. The Morgan fingerprint density at radius 2 is 2.08 bits per heavy atom. The average Bonchev–Trinajstić information content (AvgIpc) is 2.16. The van der Waals surface area contributed by atoms with E-state index in [4.69, 9.17) is 14.8 Å². The number of hydrogen-bond acceptors (Lipinski definition) is 4. The van der Waals surface area contributed by atoms with Crippen LogP contribution >= 0.6 is 11.8 Å². The molecule has 0 radical (unpaired) electrons. The van der Waals surface area contributed by atoms with Crippen molar-refractivity contribution in [1.82, 2.24) is 0 Å². The van der Waals surface area contributed by atoms with Crippen LogP contribution in [0, 0.1) is 0 Å². The largest absolute Gasteiger partial charge is 0.496 e.